The maximum Gasteiger partial charge on any atom is 0.400 e. The molecule has 0 bridgehead atoms. The third-order valence-electron chi connectivity index (χ3n) is 9.09. The van der Waals surface area contributed by atoms with Crippen molar-refractivity contribution in [3.63, 3.8) is 0 Å². The van der Waals surface area contributed by atoms with Gasteiger partial charge in [-0.1, -0.05) is 19.8 Å². The van der Waals surface area contributed by atoms with Crippen molar-refractivity contribution in [1.82, 2.24) is 0 Å². The fourth-order valence-corrected chi connectivity index (χ4v) is 6.48. The summed E-state index contributed by atoms with van der Waals surface area (Å²) in [6.45, 7) is 2.27. The fourth-order valence-electron chi connectivity index (χ4n) is 6.48. The van der Waals surface area contributed by atoms with Crippen LogP contribution in [0.5, 0.6) is 5.75 Å². The molecule has 9 heteroatoms. The first kappa shape index (κ1) is 29.2. The molecule has 0 spiro atoms. The van der Waals surface area contributed by atoms with Crippen molar-refractivity contribution in [3.05, 3.63) is 53.3 Å². The number of alkyl halides is 3. The maximum absolute atomic E-state index is 15.1. The largest absolute Gasteiger partial charge is 0.432 e. The van der Waals surface area contributed by atoms with Gasteiger partial charge in [0.1, 0.15) is 29.9 Å². The first-order valence-corrected chi connectivity index (χ1v) is 14.3. The van der Waals surface area contributed by atoms with Crippen LogP contribution in [-0.2, 0) is 16.1 Å². The molecule has 220 valence electrons. The van der Waals surface area contributed by atoms with Crippen molar-refractivity contribution < 1.29 is 40.6 Å². The molecule has 1 heterocycles. The third kappa shape index (κ3) is 6.46. The summed E-state index contributed by atoms with van der Waals surface area (Å²) in [4.78, 5) is 0. The Balaban J connectivity index is 1.13. The average Bonchev–Trinajstić information content (AvgIpc) is 2.93. The molecule has 0 atom stereocenters. The summed E-state index contributed by atoms with van der Waals surface area (Å²) in [6, 6.07) is 4.62. The van der Waals surface area contributed by atoms with Crippen LogP contribution in [0.15, 0.2) is 30.3 Å². The van der Waals surface area contributed by atoms with E-state index >= 15 is 8.78 Å². The van der Waals surface area contributed by atoms with E-state index in [1.807, 2.05) is 0 Å². The van der Waals surface area contributed by atoms with Crippen LogP contribution in [0.1, 0.15) is 63.9 Å². The third-order valence-corrected chi connectivity index (χ3v) is 9.09. The lowest BCUT2D eigenvalue weighted by Crippen LogP contribution is -2.43. The van der Waals surface area contributed by atoms with E-state index in [1.54, 1.807) is 0 Å². The van der Waals surface area contributed by atoms with Crippen LogP contribution in [0.25, 0.3) is 11.1 Å². The summed E-state index contributed by atoms with van der Waals surface area (Å²) in [5, 5.41) is 0. The van der Waals surface area contributed by atoms with E-state index in [2.05, 4.69) is 6.92 Å². The van der Waals surface area contributed by atoms with Crippen molar-refractivity contribution in [1.29, 1.82) is 0 Å². The minimum atomic E-state index is -3.53. The molecule has 40 heavy (non-hydrogen) atoms. The lowest BCUT2D eigenvalue weighted by Gasteiger charge is -2.41. The quantitative estimate of drug-likeness (QED) is 0.311. The van der Waals surface area contributed by atoms with Crippen molar-refractivity contribution >= 4 is 0 Å². The molecule has 0 radical (unpaired) electrons. The van der Waals surface area contributed by atoms with Gasteiger partial charge in [0, 0.05) is 23.5 Å². The molecular formula is C31H36F6O3. The van der Waals surface area contributed by atoms with Gasteiger partial charge >= 0.3 is 6.11 Å². The zero-order valence-electron chi connectivity index (χ0n) is 22.6. The molecule has 5 rings (SSSR count). The summed E-state index contributed by atoms with van der Waals surface area (Å²) in [7, 11) is 0. The average molecular weight is 571 g/mol. The van der Waals surface area contributed by atoms with Crippen LogP contribution in [-0.4, -0.2) is 25.6 Å². The van der Waals surface area contributed by atoms with Crippen LogP contribution < -0.4 is 4.74 Å². The summed E-state index contributed by atoms with van der Waals surface area (Å²) < 4.78 is 103. The lowest BCUT2D eigenvalue weighted by atomic mass is 9.76. The number of hydrogen-bond donors (Lipinski definition) is 0. The normalized spacial score (nSPS) is 29.8. The number of ether oxygens (including phenoxy) is 3. The van der Waals surface area contributed by atoms with Gasteiger partial charge in [0.05, 0.1) is 24.7 Å². The number of halogens is 6. The maximum atomic E-state index is 15.1. The highest BCUT2D eigenvalue weighted by Gasteiger charge is 2.46. The monoisotopic (exact) mass is 570 g/mol. The molecule has 3 aliphatic rings. The van der Waals surface area contributed by atoms with E-state index in [4.69, 9.17) is 14.2 Å². The molecule has 0 aromatic heterocycles. The van der Waals surface area contributed by atoms with Gasteiger partial charge in [-0.25, -0.2) is 17.6 Å². The van der Waals surface area contributed by atoms with Gasteiger partial charge in [0.2, 0.25) is 0 Å². The molecule has 1 aliphatic heterocycles. The molecule has 2 aromatic carbocycles. The Bertz CT molecular complexity index is 1130. The van der Waals surface area contributed by atoms with E-state index in [0.717, 1.165) is 36.2 Å². The molecule has 2 saturated carbocycles. The van der Waals surface area contributed by atoms with Crippen LogP contribution in [0.2, 0.25) is 0 Å². The summed E-state index contributed by atoms with van der Waals surface area (Å²) >= 11 is 0. The Morgan fingerprint density at radius 2 is 1.38 bits per heavy atom. The highest BCUT2D eigenvalue weighted by molar-refractivity contribution is 5.65. The van der Waals surface area contributed by atoms with Gasteiger partial charge in [-0.3, -0.25) is 0 Å². The topological polar surface area (TPSA) is 27.7 Å². The lowest BCUT2D eigenvalue weighted by molar-refractivity contribution is -0.251. The Morgan fingerprint density at radius 1 is 0.775 bits per heavy atom. The van der Waals surface area contributed by atoms with Gasteiger partial charge in [0.15, 0.2) is 6.29 Å². The predicted molar refractivity (Wildman–Crippen MR) is 138 cm³/mol. The number of rotatable bonds is 7. The summed E-state index contributed by atoms with van der Waals surface area (Å²) in [5.41, 5.74) is -1.14. The second-order valence-electron chi connectivity index (χ2n) is 11.8. The molecule has 0 amide bonds. The van der Waals surface area contributed by atoms with Crippen LogP contribution in [0, 0.1) is 47.0 Å². The molecule has 3 nitrogen and oxygen atoms in total. The predicted octanol–water partition coefficient (Wildman–Crippen LogP) is 8.83. The van der Waals surface area contributed by atoms with Crippen LogP contribution >= 0.6 is 0 Å². The molecule has 2 aromatic rings. The molecule has 0 unspecified atom stereocenters. The Kier molecular flexibility index (Phi) is 9.00. The van der Waals surface area contributed by atoms with Gasteiger partial charge in [0.25, 0.3) is 0 Å². The van der Waals surface area contributed by atoms with E-state index in [-0.39, 0.29) is 36.2 Å². The van der Waals surface area contributed by atoms with Crippen molar-refractivity contribution in [2.24, 2.45) is 29.6 Å². The SMILES string of the molecule is CC1CCC(C2COC(C3CCC(C(F)(F)Oc4ccc(-c5cc(F)c(CF)c(F)c5)c(F)c4)CC3)OC2)CC1. The van der Waals surface area contributed by atoms with E-state index in [1.165, 1.54) is 25.7 Å². The zero-order chi connectivity index (χ0) is 28.4. The van der Waals surface area contributed by atoms with E-state index in [0.29, 0.717) is 37.9 Å². The first-order chi connectivity index (χ1) is 19.1. The second-order valence-corrected chi connectivity index (χ2v) is 11.8. The smallest absolute Gasteiger partial charge is 0.400 e. The van der Waals surface area contributed by atoms with Gasteiger partial charge < -0.3 is 14.2 Å². The first-order valence-electron chi connectivity index (χ1n) is 14.3. The minimum absolute atomic E-state index is 0.0423. The van der Waals surface area contributed by atoms with Crippen LogP contribution in [0.3, 0.4) is 0 Å². The highest BCUT2D eigenvalue weighted by Crippen LogP contribution is 2.43. The Labute approximate surface area is 231 Å². The van der Waals surface area contributed by atoms with Gasteiger partial charge in [-0.15, -0.1) is 0 Å². The van der Waals surface area contributed by atoms with Gasteiger partial charge in [-0.2, -0.15) is 8.78 Å². The minimum Gasteiger partial charge on any atom is -0.432 e. The fraction of sp³-hybridized carbons (Fsp3) is 0.613. The van der Waals surface area contributed by atoms with Crippen LogP contribution in [0.4, 0.5) is 26.3 Å². The van der Waals surface area contributed by atoms with Crippen molar-refractivity contribution in [3.8, 4) is 16.9 Å². The molecular weight excluding hydrogens is 534 g/mol. The molecule has 0 N–H and O–H groups in total. The van der Waals surface area contributed by atoms with Crippen molar-refractivity contribution in [2.75, 3.05) is 13.2 Å². The summed E-state index contributed by atoms with van der Waals surface area (Å²) in [5.74, 6) is -2.88. The number of benzene rings is 2. The van der Waals surface area contributed by atoms with E-state index in [9.17, 15) is 17.6 Å². The zero-order valence-corrected chi connectivity index (χ0v) is 22.6. The standard InChI is InChI=1S/C31H36F6O3/c1-18-2-4-19(5-3-18)22-16-38-30(39-17-22)20-6-8-23(9-7-20)31(36,37)40-24-10-11-25(29(35)14-24)21-12-27(33)26(15-32)28(34)13-21/h10-14,18-20,22-23,30H,2-9,15-17H2,1H3. The van der Waals surface area contributed by atoms with Gasteiger partial charge in [-0.05, 0) is 80.2 Å². The highest BCUT2D eigenvalue weighted by atomic mass is 19.3. The summed E-state index contributed by atoms with van der Waals surface area (Å²) in [6.07, 6.45) is 2.46. The number of hydrogen-bond acceptors (Lipinski definition) is 3. The van der Waals surface area contributed by atoms with E-state index < -0.39 is 47.5 Å². The Morgan fingerprint density at radius 3 is 1.95 bits per heavy atom. The Hall–Kier alpha value is -2.26. The molecule has 3 fully saturated rings. The second kappa shape index (κ2) is 12.3. The molecule has 2 aliphatic carbocycles. The van der Waals surface area contributed by atoms with Crippen molar-refractivity contribution in [2.45, 2.75) is 77.4 Å². The molecule has 1 saturated heterocycles.